The van der Waals surface area contributed by atoms with Gasteiger partial charge in [-0.05, 0) is 6.54 Å². The van der Waals surface area contributed by atoms with Gasteiger partial charge in [-0.3, -0.25) is 0 Å². The summed E-state index contributed by atoms with van der Waals surface area (Å²) in [6.45, 7) is 3.98. The van der Waals surface area contributed by atoms with E-state index in [2.05, 4.69) is 17.3 Å². The first kappa shape index (κ1) is 29.9. The third-order valence-electron chi connectivity index (χ3n) is 0.672. The summed E-state index contributed by atoms with van der Waals surface area (Å²) in [7, 11) is 3.00. The van der Waals surface area contributed by atoms with E-state index in [1.807, 2.05) is 0 Å². The number of hydrogen-bond acceptors (Lipinski definition) is 5. The van der Waals surface area contributed by atoms with Crippen LogP contribution in [0.25, 0.3) is 0 Å². The first-order chi connectivity index (χ1) is 7.66. The van der Waals surface area contributed by atoms with Crippen LogP contribution in [0.1, 0.15) is 6.42 Å². The number of guanidine groups is 1. The van der Waals surface area contributed by atoms with Crippen molar-refractivity contribution in [2.45, 2.75) is 6.42 Å². The average Bonchev–Trinajstić information content (AvgIpc) is 2.33. The molecule has 10 heteroatoms. The molecular weight excluding hydrogens is 268 g/mol. The van der Waals surface area contributed by atoms with Crippen molar-refractivity contribution >= 4 is 5.96 Å². The van der Waals surface area contributed by atoms with Gasteiger partial charge in [-0.2, -0.15) is 6.42 Å². The van der Waals surface area contributed by atoms with Crippen molar-refractivity contribution in [2.24, 2.45) is 10.8 Å². The van der Waals surface area contributed by atoms with Crippen LogP contribution < -0.4 is 11.1 Å². The van der Waals surface area contributed by atoms with Gasteiger partial charge >= 0.3 is 0 Å². The molecule has 0 radical (unpaired) electrons. The summed E-state index contributed by atoms with van der Waals surface area (Å²) in [5.74, 6) is -0.186. The maximum absolute atomic E-state index is 9.66. The molecule has 0 aromatic heterocycles. The average molecular weight is 289 g/mol. The fourth-order valence-corrected chi connectivity index (χ4v) is 0.340. The molecule has 0 heterocycles. The molecule has 0 aromatic rings. The van der Waals surface area contributed by atoms with E-state index in [-0.39, 0.29) is 27.7 Å². The number of hydrogen-bond donors (Lipinski definition) is 5. The van der Waals surface area contributed by atoms with Crippen molar-refractivity contribution in [2.75, 3.05) is 27.9 Å². The molecule has 0 aliphatic carbocycles. The van der Waals surface area contributed by atoms with Crippen molar-refractivity contribution in [3.05, 3.63) is 17.0 Å². The minimum Gasteiger partial charge on any atom is -0.400 e. The first-order valence-corrected chi connectivity index (χ1v) is 4.02. The van der Waals surface area contributed by atoms with Crippen molar-refractivity contribution in [3.63, 3.8) is 0 Å². The van der Waals surface area contributed by atoms with Crippen LogP contribution in [0.15, 0.2) is 5.10 Å². The summed E-state index contributed by atoms with van der Waals surface area (Å²) < 4.78 is 0. The van der Waals surface area contributed by atoms with Crippen LogP contribution >= 0.6 is 0 Å². The third kappa shape index (κ3) is 50.9. The number of nitrogens with zero attached hydrogens (tertiary/aromatic N) is 2. The summed E-state index contributed by atoms with van der Waals surface area (Å²) in [6, 6.07) is 0. The zero-order chi connectivity index (χ0) is 14.0. The molecule has 104 valence electrons. The Kier molecular flexibility index (Phi) is 63.6. The predicted octanol–water partition coefficient (Wildman–Crippen LogP) is -1.87. The fourth-order valence-electron chi connectivity index (χ4n) is 0.340. The molecule has 0 saturated heterocycles. The number of nitro groups is 1. The largest absolute Gasteiger partial charge is 0.400 e. The molecule has 0 unspecified atom stereocenters. The number of aliphatic hydroxyl groups is 3. The normalized spacial score (nSPS) is 7.59. The Hall–Kier alpha value is -0.736. The molecule has 0 bridgehead atoms. The summed E-state index contributed by atoms with van der Waals surface area (Å²) in [4.78, 5) is 9.66. The zero-order valence-electron chi connectivity index (χ0n) is 10.3. The molecule has 0 aliphatic rings. The third-order valence-corrected chi connectivity index (χ3v) is 0.672. The summed E-state index contributed by atoms with van der Waals surface area (Å²) in [5, 5.41) is 35.1. The van der Waals surface area contributed by atoms with E-state index >= 15 is 0 Å². The van der Waals surface area contributed by atoms with Crippen LogP contribution in [0.5, 0.6) is 0 Å². The second kappa shape index (κ2) is 36.2. The second-order valence-corrected chi connectivity index (χ2v) is 1.50. The summed E-state index contributed by atoms with van der Waals surface area (Å²) in [5.41, 5.74) is 5.03. The van der Waals surface area contributed by atoms with E-state index in [1.54, 1.807) is 0 Å². The van der Waals surface area contributed by atoms with E-state index in [0.29, 0.717) is 13.0 Å². The van der Waals surface area contributed by atoms with E-state index < -0.39 is 5.03 Å². The topological polar surface area (TPSA) is 154 Å². The molecule has 0 aromatic carbocycles. The quantitative estimate of drug-likeness (QED) is 0.102. The van der Waals surface area contributed by atoms with Gasteiger partial charge in [0.1, 0.15) is 5.10 Å². The van der Waals surface area contributed by atoms with Gasteiger partial charge < -0.3 is 33.3 Å². The molecule has 17 heavy (non-hydrogen) atoms. The Balaban J connectivity index is -0.0000000594. The van der Waals surface area contributed by atoms with Gasteiger partial charge in [-0.1, -0.05) is 0 Å². The molecular formula is C7H21N4O5Ti-. The molecule has 0 spiro atoms. The van der Waals surface area contributed by atoms with Crippen LogP contribution in [0.4, 0.5) is 0 Å². The maximum atomic E-state index is 9.66. The summed E-state index contributed by atoms with van der Waals surface area (Å²) in [6.07, 6.45) is 0.605. The SMILES string of the molecule is CO.CO.CO.[CH2-]CCNC(N)=N[N+](=O)[O-].[Ti]. The van der Waals surface area contributed by atoms with Crippen molar-refractivity contribution in [1.29, 1.82) is 0 Å². The molecule has 6 N–H and O–H groups in total. The number of nitrogens with two attached hydrogens (primary N) is 1. The van der Waals surface area contributed by atoms with Gasteiger partial charge in [-0.25, -0.2) is 10.1 Å². The zero-order valence-corrected chi connectivity index (χ0v) is 11.8. The van der Waals surface area contributed by atoms with E-state index in [0.717, 1.165) is 21.3 Å². The van der Waals surface area contributed by atoms with Crippen LogP contribution in [0.2, 0.25) is 0 Å². The van der Waals surface area contributed by atoms with Gasteiger partial charge in [0.05, 0.1) is 0 Å². The monoisotopic (exact) mass is 289 g/mol. The van der Waals surface area contributed by atoms with E-state index in [9.17, 15) is 10.1 Å². The number of nitrogens with one attached hydrogen (secondary N) is 1. The van der Waals surface area contributed by atoms with Crippen LogP contribution in [0, 0.1) is 17.0 Å². The second-order valence-electron chi connectivity index (χ2n) is 1.50. The Morgan fingerprint density at radius 2 is 1.71 bits per heavy atom. The molecule has 0 atom stereocenters. The fraction of sp³-hybridized carbons (Fsp3) is 0.714. The van der Waals surface area contributed by atoms with Crippen LogP contribution in [0.3, 0.4) is 0 Å². The van der Waals surface area contributed by atoms with Crippen molar-refractivity contribution < 1.29 is 42.1 Å². The summed E-state index contributed by atoms with van der Waals surface area (Å²) >= 11 is 0. The van der Waals surface area contributed by atoms with Gasteiger partial charge in [0, 0.05) is 43.0 Å². The Bertz CT molecular complexity index is 159. The molecule has 9 nitrogen and oxygen atoms in total. The van der Waals surface area contributed by atoms with Crippen LogP contribution in [-0.2, 0) is 21.7 Å². The standard InChI is InChI=1S/C4H9N4O2.3CH4O.Ti/c1-2-3-6-4(5)7-8(9)10;3*1-2;/h1-3H2,(H3,5,6,7);3*2H,1H3;/q-1;;;;. The van der Waals surface area contributed by atoms with Gasteiger partial charge in [0.25, 0.3) is 5.96 Å². The smallest absolute Gasteiger partial charge is 0.266 e. The van der Waals surface area contributed by atoms with Gasteiger partial charge in [-0.15, -0.1) is 0 Å². The predicted molar refractivity (Wildman–Crippen MR) is 61.0 cm³/mol. The number of hydrazone groups is 1. The first-order valence-electron chi connectivity index (χ1n) is 4.02. The molecule has 0 amide bonds. The maximum Gasteiger partial charge on any atom is 0.266 e. The molecule has 0 fully saturated rings. The molecule has 0 rings (SSSR count). The van der Waals surface area contributed by atoms with E-state index in [4.69, 9.17) is 21.1 Å². The van der Waals surface area contributed by atoms with Gasteiger partial charge in [0.15, 0.2) is 5.03 Å². The van der Waals surface area contributed by atoms with Crippen molar-refractivity contribution in [3.8, 4) is 0 Å². The number of aliphatic hydroxyl groups excluding tert-OH is 3. The van der Waals surface area contributed by atoms with E-state index in [1.165, 1.54) is 0 Å². The Morgan fingerprint density at radius 1 is 1.35 bits per heavy atom. The number of rotatable bonds is 3. The Labute approximate surface area is 116 Å². The molecule has 0 aliphatic heterocycles. The van der Waals surface area contributed by atoms with Crippen molar-refractivity contribution in [1.82, 2.24) is 5.32 Å². The molecule has 0 saturated carbocycles. The Morgan fingerprint density at radius 3 is 1.94 bits per heavy atom. The van der Waals surface area contributed by atoms with Crippen LogP contribution in [-0.4, -0.2) is 54.2 Å². The minimum absolute atomic E-state index is 0. The van der Waals surface area contributed by atoms with Gasteiger partial charge in [0.2, 0.25) is 0 Å². The minimum atomic E-state index is -0.856.